The van der Waals surface area contributed by atoms with Gasteiger partial charge in [0.1, 0.15) is 5.75 Å². The van der Waals surface area contributed by atoms with Gasteiger partial charge in [0.15, 0.2) is 0 Å². The van der Waals surface area contributed by atoms with Gasteiger partial charge in [0.05, 0.1) is 13.3 Å². The summed E-state index contributed by atoms with van der Waals surface area (Å²) in [6, 6.07) is 13.2. The molecular weight excluding hydrogens is 362 g/mol. The Bertz CT molecular complexity index is 936. The Morgan fingerprint density at radius 1 is 1.26 bits per heavy atom. The van der Waals surface area contributed by atoms with Crippen molar-refractivity contribution in [2.75, 3.05) is 12.4 Å². The molecule has 0 unspecified atom stereocenters. The number of aromatic nitrogens is 2. The number of ether oxygens (including phenoxy) is 1. The lowest BCUT2D eigenvalue weighted by molar-refractivity contribution is -0.117. The molecule has 6 heteroatoms. The summed E-state index contributed by atoms with van der Waals surface area (Å²) in [6.45, 7) is 4.02. The maximum Gasteiger partial charge on any atom is 0.225 e. The number of aromatic amines is 1. The molecule has 0 aliphatic rings. The van der Waals surface area contributed by atoms with Gasteiger partial charge in [-0.2, -0.15) is 5.10 Å². The molecule has 27 heavy (non-hydrogen) atoms. The van der Waals surface area contributed by atoms with E-state index in [0.717, 1.165) is 16.7 Å². The summed E-state index contributed by atoms with van der Waals surface area (Å²) in [6.07, 6.45) is 3.83. The van der Waals surface area contributed by atoms with Crippen LogP contribution in [0.25, 0.3) is 11.1 Å². The van der Waals surface area contributed by atoms with Crippen LogP contribution in [0.4, 0.5) is 5.69 Å². The number of halogens is 1. The van der Waals surface area contributed by atoms with E-state index >= 15 is 0 Å². The fourth-order valence-electron chi connectivity index (χ4n) is 3.12. The standard InChI is InChI=1S/C21H22ClN3O2/c1-21(2,17-6-4-5-7-18(17)22)11-20(26)25-15-8-9-16(19(10-15)27-3)14-12-23-24-13-14/h4-10,12-13H,11H2,1-3H3,(H,23,24)(H,25,26). The van der Waals surface area contributed by atoms with Crippen molar-refractivity contribution in [2.45, 2.75) is 25.7 Å². The van der Waals surface area contributed by atoms with Gasteiger partial charge in [-0.1, -0.05) is 43.6 Å². The highest BCUT2D eigenvalue weighted by Crippen LogP contribution is 2.34. The molecular formula is C21H22ClN3O2. The van der Waals surface area contributed by atoms with Crippen molar-refractivity contribution in [1.82, 2.24) is 10.2 Å². The molecule has 0 fully saturated rings. The molecule has 3 aromatic rings. The van der Waals surface area contributed by atoms with Crippen LogP contribution in [0.5, 0.6) is 5.75 Å². The molecule has 0 saturated heterocycles. The summed E-state index contributed by atoms with van der Waals surface area (Å²) in [5, 5.41) is 10.4. The second kappa shape index (κ2) is 7.84. The van der Waals surface area contributed by atoms with E-state index in [1.165, 1.54) is 0 Å². The van der Waals surface area contributed by atoms with E-state index in [9.17, 15) is 4.79 Å². The van der Waals surface area contributed by atoms with E-state index in [1.807, 2.05) is 56.3 Å². The molecule has 2 N–H and O–H groups in total. The molecule has 140 valence electrons. The Labute approximate surface area is 163 Å². The zero-order chi connectivity index (χ0) is 19.4. The van der Waals surface area contributed by atoms with Gasteiger partial charge >= 0.3 is 0 Å². The van der Waals surface area contributed by atoms with Crippen molar-refractivity contribution in [2.24, 2.45) is 0 Å². The van der Waals surface area contributed by atoms with Crippen LogP contribution in [0.2, 0.25) is 5.02 Å². The summed E-state index contributed by atoms with van der Waals surface area (Å²) >= 11 is 6.30. The van der Waals surface area contributed by atoms with Crippen LogP contribution in [0.1, 0.15) is 25.8 Å². The molecule has 2 aromatic carbocycles. The number of hydrogen-bond donors (Lipinski definition) is 2. The SMILES string of the molecule is COc1cc(NC(=O)CC(C)(C)c2ccccc2Cl)ccc1-c1cn[nH]c1. The second-order valence-corrected chi connectivity index (χ2v) is 7.40. The molecule has 5 nitrogen and oxygen atoms in total. The van der Waals surface area contributed by atoms with E-state index in [2.05, 4.69) is 15.5 Å². The fraction of sp³-hybridized carbons (Fsp3) is 0.238. The third-order valence-corrected chi connectivity index (χ3v) is 4.83. The highest BCUT2D eigenvalue weighted by Gasteiger charge is 2.26. The van der Waals surface area contributed by atoms with Crippen LogP contribution >= 0.6 is 11.6 Å². The minimum Gasteiger partial charge on any atom is -0.496 e. The van der Waals surface area contributed by atoms with E-state index < -0.39 is 0 Å². The topological polar surface area (TPSA) is 67.0 Å². The smallest absolute Gasteiger partial charge is 0.225 e. The lowest BCUT2D eigenvalue weighted by Gasteiger charge is -2.25. The van der Waals surface area contributed by atoms with Crippen molar-refractivity contribution in [3.8, 4) is 16.9 Å². The summed E-state index contributed by atoms with van der Waals surface area (Å²) in [4.78, 5) is 12.6. The number of nitrogens with zero attached hydrogens (tertiary/aromatic N) is 1. The first-order chi connectivity index (χ1) is 12.9. The first-order valence-electron chi connectivity index (χ1n) is 8.63. The average Bonchev–Trinajstić information content (AvgIpc) is 3.15. The molecule has 0 saturated carbocycles. The number of hydrogen-bond acceptors (Lipinski definition) is 3. The normalized spacial score (nSPS) is 11.3. The van der Waals surface area contributed by atoms with Gasteiger partial charge in [-0.05, 0) is 29.2 Å². The largest absolute Gasteiger partial charge is 0.496 e. The summed E-state index contributed by atoms with van der Waals surface area (Å²) < 4.78 is 5.47. The average molecular weight is 384 g/mol. The van der Waals surface area contributed by atoms with Crippen molar-refractivity contribution < 1.29 is 9.53 Å². The van der Waals surface area contributed by atoms with Crippen molar-refractivity contribution in [3.05, 3.63) is 65.4 Å². The van der Waals surface area contributed by atoms with Gasteiger partial charge in [-0.25, -0.2) is 0 Å². The monoisotopic (exact) mass is 383 g/mol. The van der Waals surface area contributed by atoms with Crippen molar-refractivity contribution in [3.63, 3.8) is 0 Å². The van der Waals surface area contributed by atoms with Crippen LogP contribution in [0.15, 0.2) is 54.9 Å². The van der Waals surface area contributed by atoms with E-state index in [-0.39, 0.29) is 11.3 Å². The Kier molecular flexibility index (Phi) is 5.51. The van der Waals surface area contributed by atoms with Gasteiger partial charge in [0, 0.05) is 40.5 Å². The van der Waals surface area contributed by atoms with Gasteiger partial charge in [0.25, 0.3) is 0 Å². The van der Waals surface area contributed by atoms with Crippen molar-refractivity contribution in [1.29, 1.82) is 0 Å². The highest BCUT2D eigenvalue weighted by atomic mass is 35.5. The number of carbonyl (C=O) groups excluding carboxylic acids is 1. The van der Waals surface area contributed by atoms with Gasteiger partial charge in [0.2, 0.25) is 5.91 Å². The van der Waals surface area contributed by atoms with E-state index in [4.69, 9.17) is 16.3 Å². The molecule has 0 bridgehead atoms. The van der Waals surface area contributed by atoms with Crippen LogP contribution in [-0.2, 0) is 10.2 Å². The summed E-state index contributed by atoms with van der Waals surface area (Å²) in [5.74, 6) is 0.581. The first kappa shape index (κ1) is 19.0. The summed E-state index contributed by atoms with van der Waals surface area (Å²) in [5.41, 5.74) is 3.07. The Morgan fingerprint density at radius 2 is 2.04 bits per heavy atom. The third kappa shape index (κ3) is 4.31. The minimum atomic E-state index is -0.386. The van der Waals surface area contributed by atoms with Crippen LogP contribution in [0, 0.1) is 0 Å². The maximum absolute atomic E-state index is 12.6. The molecule has 3 rings (SSSR count). The molecule has 1 aromatic heterocycles. The van der Waals surface area contributed by atoms with E-state index in [1.54, 1.807) is 19.5 Å². The number of rotatable bonds is 6. The van der Waals surface area contributed by atoms with Crippen LogP contribution in [-0.4, -0.2) is 23.2 Å². The third-order valence-electron chi connectivity index (χ3n) is 4.50. The molecule has 0 spiro atoms. The number of H-pyrrole nitrogens is 1. The number of carbonyl (C=O) groups is 1. The zero-order valence-electron chi connectivity index (χ0n) is 15.5. The molecule has 0 atom stereocenters. The second-order valence-electron chi connectivity index (χ2n) is 6.99. The van der Waals surface area contributed by atoms with Crippen LogP contribution in [0.3, 0.4) is 0 Å². The zero-order valence-corrected chi connectivity index (χ0v) is 16.3. The Hall–Kier alpha value is -2.79. The first-order valence-corrected chi connectivity index (χ1v) is 9.00. The molecule has 0 aliphatic heterocycles. The lowest BCUT2D eigenvalue weighted by Crippen LogP contribution is -2.26. The lowest BCUT2D eigenvalue weighted by atomic mass is 9.81. The highest BCUT2D eigenvalue weighted by molar-refractivity contribution is 6.31. The van der Waals surface area contributed by atoms with Crippen molar-refractivity contribution >= 4 is 23.2 Å². The maximum atomic E-state index is 12.6. The molecule has 1 amide bonds. The Morgan fingerprint density at radius 3 is 2.70 bits per heavy atom. The Balaban J connectivity index is 1.75. The number of benzene rings is 2. The predicted octanol–water partition coefficient (Wildman–Crippen LogP) is 5.05. The quantitative estimate of drug-likeness (QED) is 0.626. The minimum absolute atomic E-state index is 0.0852. The van der Waals surface area contributed by atoms with Gasteiger partial charge in [-0.15, -0.1) is 0 Å². The summed E-state index contributed by atoms with van der Waals surface area (Å²) in [7, 11) is 1.60. The van der Waals surface area contributed by atoms with Gasteiger partial charge < -0.3 is 10.1 Å². The number of nitrogens with one attached hydrogen (secondary N) is 2. The van der Waals surface area contributed by atoms with E-state index in [0.29, 0.717) is 22.9 Å². The molecule has 0 aliphatic carbocycles. The molecule has 0 radical (unpaired) electrons. The number of methoxy groups -OCH3 is 1. The fourth-order valence-corrected chi connectivity index (χ4v) is 3.51. The predicted molar refractivity (Wildman–Crippen MR) is 108 cm³/mol. The number of amides is 1. The van der Waals surface area contributed by atoms with Gasteiger partial charge in [-0.3, -0.25) is 9.89 Å². The number of anilines is 1. The van der Waals surface area contributed by atoms with Crippen LogP contribution < -0.4 is 10.1 Å². The molecule has 1 heterocycles.